The summed E-state index contributed by atoms with van der Waals surface area (Å²) < 4.78 is -1.63. The number of hydrogen-bond donors (Lipinski definition) is 2. The standard InChI is InChI=1S/C16H33PS4/c1-4-6-7-8-9-10-11-12-13-15-16(3,14-5-2)21-17(18,19)20/h5H,2,4,6-15H2,1,3H3,(H2,18,19,20). The second-order valence-corrected chi connectivity index (χ2v) is 20.6. The zero-order valence-electron chi connectivity index (χ0n) is 13.7. The summed E-state index contributed by atoms with van der Waals surface area (Å²) in [5, 5.41) is 0. The number of thiol groups is 2. The maximum Gasteiger partial charge on any atom is 0.104 e. The van der Waals surface area contributed by atoms with Gasteiger partial charge in [-0.3, -0.25) is 0 Å². The summed E-state index contributed by atoms with van der Waals surface area (Å²) in [4.78, 5) is 0. The van der Waals surface area contributed by atoms with Crippen LogP contribution >= 0.6 is 39.5 Å². The lowest BCUT2D eigenvalue weighted by Crippen LogP contribution is -2.17. The van der Waals surface area contributed by atoms with Crippen LogP contribution in [-0.4, -0.2) is 4.75 Å². The molecular weight excluding hydrogens is 351 g/mol. The van der Waals surface area contributed by atoms with Gasteiger partial charge in [0.2, 0.25) is 0 Å². The van der Waals surface area contributed by atoms with E-state index < -0.39 is 3.64 Å². The first-order valence-corrected chi connectivity index (χ1v) is 14.7. The molecule has 0 saturated carbocycles. The van der Waals surface area contributed by atoms with Crippen molar-refractivity contribution in [1.29, 1.82) is 0 Å². The molecule has 0 spiro atoms. The highest BCUT2D eigenvalue weighted by Gasteiger charge is 2.27. The van der Waals surface area contributed by atoms with Gasteiger partial charge >= 0.3 is 0 Å². The number of hydrogen-bond acceptors (Lipinski definition) is 2. The molecule has 0 rings (SSSR count). The molecule has 0 nitrogen and oxygen atoms in total. The van der Waals surface area contributed by atoms with Gasteiger partial charge in [0.1, 0.15) is 3.64 Å². The molecule has 0 aliphatic carbocycles. The Morgan fingerprint density at radius 2 is 1.52 bits per heavy atom. The van der Waals surface area contributed by atoms with Crippen molar-refractivity contribution in [3.63, 3.8) is 0 Å². The maximum absolute atomic E-state index is 5.39. The Balaban J connectivity index is 3.79. The molecule has 0 aromatic rings. The van der Waals surface area contributed by atoms with Crippen LogP contribution in [-0.2, 0) is 11.8 Å². The molecule has 0 heterocycles. The molecular formula is C16H33PS4. The summed E-state index contributed by atoms with van der Waals surface area (Å²) in [6, 6.07) is 0. The van der Waals surface area contributed by atoms with Gasteiger partial charge in [-0.05, 0) is 19.8 Å². The molecule has 0 aliphatic rings. The van der Waals surface area contributed by atoms with Crippen LogP contribution in [0.4, 0.5) is 0 Å². The Labute approximate surface area is 152 Å². The molecule has 0 aromatic carbocycles. The molecule has 0 saturated heterocycles. The molecule has 126 valence electrons. The van der Waals surface area contributed by atoms with E-state index in [4.69, 9.17) is 11.8 Å². The summed E-state index contributed by atoms with van der Waals surface area (Å²) in [6.45, 7) is 8.44. The summed E-state index contributed by atoms with van der Waals surface area (Å²) in [6.07, 6.45) is 16.6. The molecule has 21 heavy (non-hydrogen) atoms. The Kier molecular flexibility index (Phi) is 13.7. The van der Waals surface area contributed by atoms with Gasteiger partial charge in [-0.1, -0.05) is 94.0 Å². The van der Waals surface area contributed by atoms with Crippen LogP contribution in [0.1, 0.15) is 84.5 Å². The van der Waals surface area contributed by atoms with Crippen molar-refractivity contribution in [2.45, 2.75) is 89.2 Å². The molecule has 1 unspecified atom stereocenters. The van der Waals surface area contributed by atoms with Crippen LogP contribution in [0.25, 0.3) is 0 Å². The van der Waals surface area contributed by atoms with Crippen LogP contribution in [0, 0.1) is 0 Å². The van der Waals surface area contributed by atoms with E-state index in [9.17, 15) is 0 Å². The molecule has 0 fully saturated rings. The number of unbranched alkanes of at least 4 members (excludes halogenated alkanes) is 8. The minimum absolute atomic E-state index is 0.169. The quantitative estimate of drug-likeness (QED) is 0.134. The lowest BCUT2D eigenvalue weighted by molar-refractivity contribution is 0.515. The smallest absolute Gasteiger partial charge is 0.104 e. The SMILES string of the molecule is C=CCC(C)(CCCCCCCCCCC)SP(=S)(S)S. The van der Waals surface area contributed by atoms with Crippen molar-refractivity contribution in [2.75, 3.05) is 0 Å². The minimum Gasteiger partial charge on any atom is -0.122 e. The van der Waals surface area contributed by atoms with Crippen molar-refractivity contribution >= 4 is 51.3 Å². The van der Waals surface area contributed by atoms with Gasteiger partial charge < -0.3 is 0 Å². The summed E-state index contributed by atoms with van der Waals surface area (Å²) in [5.74, 6) is 0. The first-order chi connectivity index (χ1) is 9.83. The van der Waals surface area contributed by atoms with Crippen LogP contribution in [0.5, 0.6) is 0 Å². The molecule has 0 radical (unpaired) electrons. The van der Waals surface area contributed by atoms with Crippen molar-refractivity contribution in [2.24, 2.45) is 0 Å². The monoisotopic (exact) mass is 384 g/mol. The van der Waals surface area contributed by atoms with Crippen molar-refractivity contribution in [3.05, 3.63) is 12.7 Å². The van der Waals surface area contributed by atoms with Crippen molar-refractivity contribution < 1.29 is 0 Å². The second kappa shape index (κ2) is 12.8. The minimum atomic E-state index is -1.80. The van der Waals surface area contributed by atoms with Gasteiger partial charge in [0.25, 0.3) is 0 Å². The highest BCUT2D eigenvalue weighted by atomic mass is 33.5. The third kappa shape index (κ3) is 14.7. The molecule has 1 atom stereocenters. The maximum atomic E-state index is 5.39. The van der Waals surface area contributed by atoms with Gasteiger partial charge in [-0.15, -0.1) is 31.1 Å². The van der Waals surface area contributed by atoms with Crippen LogP contribution in [0.15, 0.2) is 12.7 Å². The lowest BCUT2D eigenvalue weighted by Gasteiger charge is -2.30. The van der Waals surface area contributed by atoms with Gasteiger partial charge in [-0.2, -0.15) is 0 Å². The third-order valence-corrected chi connectivity index (χ3v) is 8.95. The first-order valence-electron chi connectivity index (χ1n) is 8.20. The van der Waals surface area contributed by atoms with E-state index in [1.54, 1.807) is 11.4 Å². The van der Waals surface area contributed by atoms with Crippen LogP contribution < -0.4 is 0 Å². The van der Waals surface area contributed by atoms with E-state index in [1.807, 2.05) is 6.08 Å². The highest BCUT2D eigenvalue weighted by Crippen LogP contribution is 2.72. The Bertz CT molecular complexity index is 313. The molecule has 0 N–H and O–H groups in total. The fourth-order valence-electron chi connectivity index (χ4n) is 2.59. The summed E-state index contributed by atoms with van der Waals surface area (Å²) in [7, 11) is 0. The second-order valence-electron chi connectivity index (χ2n) is 6.10. The highest BCUT2D eigenvalue weighted by molar-refractivity contribution is 9.17. The van der Waals surface area contributed by atoms with Gasteiger partial charge in [-0.25, -0.2) is 0 Å². The van der Waals surface area contributed by atoms with Crippen molar-refractivity contribution in [1.82, 2.24) is 0 Å². The fraction of sp³-hybridized carbons (Fsp3) is 0.875. The fourth-order valence-corrected chi connectivity index (χ4v) is 11.0. The summed E-state index contributed by atoms with van der Waals surface area (Å²) >= 11 is 16.1. The average molecular weight is 385 g/mol. The lowest BCUT2D eigenvalue weighted by atomic mass is 9.98. The zero-order valence-corrected chi connectivity index (χ0v) is 18.0. The molecule has 0 aromatic heterocycles. The third-order valence-electron chi connectivity index (χ3n) is 3.72. The van der Waals surface area contributed by atoms with E-state index in [0.29, 0.717) is 0 Å². The predicted octanol–water partition coefficient (Wildman–Crippen LogP) is 8.06. The van der Waals surface area contributed by atoms with E-state index in [2.05, 4.69) is 44.9 Å². The Morgan fingerprint density at radius 3 is 1.95 bits per heavy atom. The number of allylic oxidation sites excluding steroid dienone is 1. The summed E-state index contributed by atoms with van der Waals surface area (Å²) in [5.41, 5.74) is 0. The van der Waals surface area contributed by atoms with Gasteiger partial charge in [0, 0.05) is 4.75 Å². The average Bonchev–Trinajstić information content (AvgIpc) is 2.35. The van der Waals surface area contributed by atoms with Gasteiger partial charge in [0.15, 0.2) is 0 Å². The Hall–Kier alpha value is 1.44. The molecule has 0 aliphatic heterocycles. The molecule has 0 bridgehead atoms. The topological polar surface area (TPSA) is 0 Å². The largest absolute Gasteiger partial charge is 0.122 e. The van der Waals surface area contributed by atoms with E-state index in [1.165, 1.54) is 64.2 Å². The van der Waals surface area contributed by atoms with Gasteiger partial charge in [0.05, 0.1) is 0 Å². The van der Waals surface area contributed by atoms with Crippen LogP contribution in [0.3, 0.4) is 0 Å². The number of rotatable bonds is 14. The van der Waals surface area contributed by atoms with Crippen LogP contribution in [0.2, 0.25) is 0 Å². The van der Waals surface area contributed by atoms with E-state index >= 15 is 0 Å². The first kappa shape index (κ1) is 22.4. The zero-order chi connectivity index (χ0) is 16.2. The van der Waals surface area contributed by atoms with E-state index in [0.717, 1.165) is 6.42 Å². The molecule has 0 amide bonds. The molecule has 5 heteroatoms. The van der Waals surface area contributed by atoms with E-state index in [-0.39, 0.29) is 4.75 Å². The van der Waals surface area contributed by atoms with Crippen molar-refractivity contribution in [3.8, 4) is 0 Å². The normalized spacial score (nSPS) is 14.9. The predicted molar refractivity (Wildman–Crippen MR) is 115 cm³/mol. The Morgan fingerprint density at radius 1 is 1.05 bits per heavy atom.